The number of carbonyl (C=O) groups excluding carboxylic acids is 2. The molecule has 1 N–H and O–H groups in total. The number of aryl methyl sites for hydroxylation is 1. The molecule has 0 saturated heterocycles. The van der Waals surface area contributed by atoms with E-state index in [-0.39, 0.29) is 35.1 Å². The number of halogens is 1. The van der Waals surface area contributed by atoms with Gasteiger partial charge in [0.15, 0.2) is 5.78 Å². The number of benzene rings is 1. The van der Waals surface area contributed by atoms with E-state index >= 15 is 0 Å². The fourth-order valence-electron chi connectivity index (χ4n) is 3.47. The number of amides is 1. The van der Waals surface area contributed by atoms with E-state index in [2.05, 4.69) is 17.2 Å². The lowest BCUT2D eigenvalue weighted by atomic mass is 10.0. The Labute approximate surface area is 174 Å². The number of hydrogen-bond acceptors (Lipinski definition) is 4. The van der Waals surface area contributed by atoms with Gasteiger partial charge in [-0.3, -0.25) is 19.0 Å². The quantitative estimate of drug-likeness (QED) is 0.744. The van der Waals surface area contributed by atoms with Gasteiger partial charge >= 0.3 is 0 Å². The summed E-state index contributed by atoms with van der Waals surface area (Å²) in [6.07, 6.45) is 4.41. The van der Waals surface area contributed by atoms with Gasteiger partial charge in [-0.05, 0) is 56.2 Å². The van der Waals surface area contributed by atoms with E-state index in [4.69, 9.17) is 11.6 Å². The maximum Gasteiger partial charge on any atom is 0.254 e. The molecule has 152 valence electrons. The first-order chi connectivity index (χ1) is 13.7. The number of rotatable bonds is 7. The molecule has 1 heterocycles. The van der Waals surface area contributed by atoms with E-state index in [1.807, 2.05) is 0 Å². The van der Waals surface area contributed by atoms with Crippen molar-refractivity contribution in [1.29, 1.82) is 0 Å². The Morgan fingerprint density at radius 2 is 2.00 bits per heavy atom. The molecule has 0 radical (unpaired) electrons. The van der Waals surface area contributed by atoms with Gasteiger partial charge in [-0.1, -0.05) is 18.5 Å². The second-order valence-corrected chi connectivity index (χ2v) is 9.03. The van der Waals surface area contributed by atoms with Crippen molar-refractivity contribution in [2.75, 3.05) is 5.32 Å². The maximum atomic E-state index is 12.7. The number of hydrogen-bond donors (Lipinski definition) is 1. The number of aromatic nitrogens is 2. The fraction of sp³-hybridized carbons (Fsp3) is 0.455. The summed E-state index contributed by atoms with van der Waals surface area (Å²) in [4.78, 5) is 41.9. The van der Waals surface area contributed by atoms with Crippen LogP contribution in [0.3, 0.4) is 0 Å². The highest BCUT2D eigenvalue weighted by Crippen LogP contribution is 2.48. The Morgan fingerprint density at radius 3 is 2.62 bits per heavy atom. The van der Waals surface area contributed by atoms with Crippen molar-refractivity contribution >= 4 is 29.0 Å². The topological polar surface area (TPSA) is 81.1 Å². The highest BCUT2D eigenvalue weighted by Gasteiger charge is 2.39. The Morgan fingerprint density at radius 1 is 1.28 bits per heavy atom. The first kappa shape index (κ1) is 19.8. The van der Waals surface area contributed by atoms with Gasteiger partial charge in [-0.2, -0.15) is 0 Å². The molecule has 2 aliphatic carbocycles. The van der Waals surface area contributed by atoms with Crippen LogP contribution in [-0.4, -0.2) is 21.2 Å². The van der Waals surface area contributed by atoms with Gasteiger partial charge in [-0.15, -0.1) is 0 Å². The summed E-state index contributed by atoms with van der Waals surface area (Å²) in [7, 11) is 0. The Balaban J connectivity index is 1.61. The first-order valence-corrected chi connectivity index (χ1v) is 10.3. The lowest BCUT2D eigenvalue weighted by Gasteiger charge is -2.14. The monoisotopic (exact) mass is 413 g/mol. The molecule has 0 aliphatic heterocycles. The summed E-state index contributed by atoms with van der Waals surface area (Å²) < 4.78 is 1.41. The summed E-state index contributed by atoms with van der Waals surface area (Å²) in [6.45, 7) is 3.86. The third-order valence-electron chi connectivity index (χ3n) is 5.72. The van der Waals surface area contributed by atoms with Crippen molar-refractivity contribution in [3.05, 3.63) is 45.5 Å². The fourth-order valence-corrected chi connectivity index (χ4v) is 3.65. The Bertz CT molecular complexity index is 1050. The van der Waals surface area contributed by atoms with Crippen molar-refractivity contribution in [2.45, 2.75) is 52.5 Å². The molecule has 2 saturated carbocycles. The average molecular weight is 414 g/mol. The summed E-state index contributed by atoms with van der Waals surface area (Å²) >= 11 is 6.11. The van der Waals surface area contributed by atoms with Crippen LogP contribution in [0.2, 0.25) is 5.02 Å². The minimum Gasteiger partial charge on any atom is -0.325 e. The maximum absolute atomic E-state index is 12.7. The highest BCUT2D eigenvalue weighted by molar-refractivity contribution is 6.31. The van der Waals surface area contributed by atoms with E-state index in [1.165, 1.54) is 10.6 Å². The number of anilines is 1. The van der Waals surface area contributed by atoms with Crippen LogP contribution in [0.5, 0.6) is 0 Å². The molecule has 7 heteroatoms. The van der Waals surface area contributed by atoms with E-state index in [0.717, 1.165) is 25.7 Å². The standard InChI is InChI=1S/C22H24ClN3O3/c1-13-24-19(10-20(28)26(13)12-16(27)11-22(2)7-8-22)17-6-5-15(23)9-18(17)25-21(29)14-3-4-14/h5-6,9-10,14H,3-4,7-8,11-12H2,1-2H3,(H,25,29). The van der Waals surface area contributed by atoms with Crippen molar-refractivity contribution in [3.63, 3.8) is 0 Å². The van der Waals surface area contributed by atoms with Crippen molar-refractivity contribution in [3.8, 4) is 11.3 Å². The zero-order chi connectivity index (χ0) is 20.8. The van der Waals surface area contributed by atoms with E-state index < -0.39 is 0 Å². The first-order valence-electron chi connectivity index (χ1n) is 9.95. The second-order valence-electron chi connectivity index (χ2n) is 8.59. The normalized spacial score (nSPS) is 17.1. The molecule has 2 aliphatic rings. The molecule has 4 rings (SSSR count). The van der Waals surface area contributed by atoms with Gasteiger partial charge in [0.2, 0.25) is 5.91 Å². The minimum atomic E-state index is -0.281. The van der Waals surface area contributed by atoms with Crippen LogP contribution in [0.15, 0.2) is 29.1 Å². The van der Waals surface area contributed by atoms with Gasteiger partial charge in [-0.25, -0.2) is 4.98 Å². The summed E-state index contributed by atoms with van der Waals surface area (Å²) in [5.74, 6) is 0.520. The van der Waals surface area contributed by atoms with Crippen molar-refractivity contribution in [2.24, 2.45) is 11.3 Å². The molecule has 29 heavy (non-hydrogen) atoms. The smallest absolute Gasteiger partial charge is 0.254 e. The predicted octanol–water partition coefficient (Wildman–Crippen LogP) is 3.98. The number of nitrogens with zero attached hydrogens (tertiary/aromatic N) is 2. The van der Waals surface area contributed by atoms with Gasteiger partial charge in [0, 0.05) is 29.0 Å². The lowest BCUT2D eigenvalue weighted by molar-refractivity contribution is -0.121. The minimum absolute atomic E-state index is 0.0411. The van der Waals surface area contributed by atoms with Crippen LogP contribution < -0.4 is 10.9 Å². The van der Waals surface area contributed by atoms with Crippen molar-refractivity contribution < 1.29 is 9.59 Å². The molecule has 1 amide bonds. The largest absolute Gasteiger partial charge is 0.325 e. The number of ketones is 1. The summed E-state index contributed by atoms with van der Waals surface area (Å²) in [5.41, 5.74) is 1.45. The highest BCUT2D eigenvalue weighted by atomic mass is 35.5. The zero-order valence-corrected chi connectivity index (χ0v) is 17.4. The van der Waals surface area contributed by atoms with Gasteiger partial charge in [0.05, 0.1) is 17.9 Å². The Hall–Kier alpha value is -2.47. The van der Waals surface area contributed by atoms with Gasteiger partial charge in [0.1, 0.15) is 5.82 Å². The molecule has 2 fully saturated rings. The number of Topliss-reactive ketones (excluding diaryl/α,β-unsaturated/α-hetero) is 1. The second kappa shape index (κ2) is 7.41. The Kier molecular flexibility index (Phi) is 5.07. The average Bonchev–Trinajstić information content (AvgIpc) is 3.55. The third kappa shape index (κ3) is 4.58. The van der Waals surface area contributed by atoms with Crippen LogP contribution in [0.1, 0.15) is 44.9 Å². The van der Waals surface area contributed by atoms with Gasteiger partial charge < -0.3 is 5.32 Å². The van der Waals surface area contributed by atoms with Gasteiger partial charge in [0.25, 0.3) is 5.56 Å². The molecule has 0 unspecified atom stereocenters. The third-order valence-corrected chi connectivity index (χ3v) is 5.96. The van der Waals surface area contributed by atoms with Crippen LogP contribution in [0.25, 0.3) is 11.3 Å². The molecule has 2 aromatic rings. The van der Waals surface area contributed by atoms with E-state index in [9.17, 15) is 14.4 Å². The van der Waals surface area contributed by atoms with Crippen LogP contribution >= 0.6 is 11.6 Å². The molecule has 1 aromatic heterocycles. The molecule has 0 atom stereocenters. The van der Waals surface area contributed by atoms with Crippen LogP contribution in [0, 0.1) is 18.3 Å². The zero-order valence-electron chi connectivity index (χ0n) is 16.6. The summed E-state index contributed by atoms with van der Waals surface area (Å²) in [6, 6.07) is 6.52. The predicted molar refractivity (Wildman–Crippen MR) is 112 cm³/mol. The summed E-state index contributed by atoms with van der Waals surface area (Å²) in [5, 5.41) is 3.39. The molecule has 1 aromatic carbocycles. The van der Waals surface area contributed by atoms with E-state index in [0.29, 0.717) is 34.2 Å². The van der Waals surface area contributed by atoms with Crippen molar-refractivity contribution in [1.82, 2.24) is 9.55 Å². The molecule has 0 bridgehead atoms. The molecular weight excluding hydrogens is 390 g/mol. The lowest BCUT2D eigenvalue weighted by Crippen LogP contribution is -2.28. The van der Waals surface area contributed by atoms with Crippen LogP contribution in [0.4, 0.5) is 5.69 Å². The van der Waals surface area contributed by atoms with E-state index in [1.54, 1.807) is 25.1 Å². The number of carbonyl (C=O) groups is 2. The van der Waals surface area contributed by atoms with Crippen LogP contribution in [-0.2, 0) is 16.1 Å². The molecule has 0 spiro atoms. The number of nitrogens with one attached hydrogen (secondary N) is 1. The molecular formula is C22H24ClN3O3. The molecule has 6 nitrogen and oxygen atoms in total. The SMILES string of the molecule is Cc1nc(-c2ccc(Cl)cc2NC(=O)C2CC2)cc(=O)n1CC(=O)CC1(C)CC1.